The average Bonchev–Trinajstić information content (AvgIpc) is 2.69. The summed E-state index contributed by atoms with van der Waals surface area (Å²) >= 11 is 0. The van der Waals surface area contributed by atoms with E-state index in [1.54, 1.807) is 6.07 Å². The van der Waals surface area contributed by atoms with Gasteiger partial charge in [0.05, 0.1) is 4.92 Å². The van der Waals surface area contributed by atoms with Crippen molar-refractivity contribution < 1.29 is 9.72 Å². The van der Waals surface area contributed by atoms with Gasteiger partial charge >= 0.3 is 6.03 Å². The van der Waals surface area contributed by atoms with E-state index in [0.717, 1.165) is 38.4 Å². The van der Waals surface area contributed by atoms with Gasteiger partial charge in [-0.15, -0.1) is 0 Å². The summed E-state index contributed by atoms with van der Waals surface area (Å²) in [7, 11) is 0. The number of non-ortho nitro benzene ring substituents is 1. The molecular weight excluding hydrogens is 346 g/mol. The van der Waals surface area contributed by atoms with Crippen molar-refractivity contribution in [1.29, 1.82) is 0 Å². The molecule has 1 aliphatic rings. The number of hydrogen-bond donors (Lipinski definition) is 2. The summed E-state index contributed by atoms with van der Waals surface area (Å²) in [6.45, 7) is 7.36. The van der Waals surface area contributed by atoms with Gasteiger partial charge < -0.3 is 20.4 Å². The van der Waals surface area contributed by atoms with E-state index in [2.05, 4.69) is 27.4 Å². The molecule has 0 unspecified atom stereocenters. The third-order valence-corrected chi connectivity index (χ3v) is 4.62. The van der Waals surface area contributed by atoms with Gasteiger partial charge in [0.15, 0.2) is 0 Å². The zero-order chi connectivity index (χ0) is 19.2. The van der Waals surface area contributed by atoms with Gasteiger partial charge in [-0.2, -0.15) is 0 Å². The van der Waals surface area contributed by atoms with Crippen LogP contribution in [0, 0.1) is 10.1 Å². The van der Waals surface area contributed by atoms with Crippen LogP contribution in [-0.4, -0.2) is 48.6 Å². The molecule has 0 atom stereocenters. The lowest BCUT2D eigenvalue weighted by molar-refractivity contribution is -0.384. The molecule has 0 spiro atoms. The Morgan fingerprint density at radius 2 is 1.70 bits per heavy atom. The second kappa shape index (κ2) is 8.50. The van der Waals surface area contributed by atoms with E-state index in [1.165, 1.54) is 18.2 Å². The third-order valence-electron chi connectivity index (χ3n) is 4.62. The lowest BCUT2D eigenvalue weighted by atomic mass is 10.2. The van der Waals surface area contributed by atoms with Crippen LogP contribution in [-0.2, 0) is 0 Å². The predicted molar refractivity (Wildman–Crippen MR) is 107 cm³/mol. The van der Waals surface area contributed by atoms with Gasteiger partial charge in [0.25, 0.3) is 5.69 Å². The number of piperazine rings is 1. The van der Waals surface area contributed by atoms with E-state index < -0.39 is 11.0 Å². The minimum absolute atomic E-state index is 0.0691. The maximum Gasteiger partial charge on any atom is 0.323 e. The number of benzene rings is 2. The fourth-order valence-electron chi connectivity index (χ4n) is 3.07. The molecule has 1 aliphatic heterocycles. The number of amides is 2. The number of nitrogens with zero attached hydrogens (tertiary/aromatic N) is 3. The van der Waals surface area contributed by atoms with Crippen LogP contribution in [0.1, 0.15) is 6.92 Å². The number of nitrogens with one attached hydrogen (secondary N) is 2. The van der Waals surface area contributed by atoms with Crippen LogP contribution >= 0.6 is 0 Å². The van der Waals surface area contributed by atoms with Crippen molar-refractivity contribution >= 4 is 28.8 Å². The SMILES string of the molecule is CCN1CCN(c2ccc(NC(=O)Nc3cccc([N+](=O)[O-])c3)cc2)CC1. The van der Waals surface area contributed by atoms with Gasteiger partial charge in [-0.25, -0.2) is 4.79 Å². The molecule has 0 bridgehead atoms. The molecule has 1 saturated heterocycles. The molecule has 0 saturated carbocycles. The first kappa shape index (κ1) is 18.7. The largest absolute Gasteiger partial charge is 0.369 e. The summed E-state index contributed by atoms with van der Waals surface area (Å²) in [6.07, 6.45) is 0. The Kier molecular flexibility index (Phi) is 5.87. The molecule has 1 fully saturated rings. The molecule has 27 heavy (non-hydrogen) atoms. The molecule has 1 heterocycles. The molecule has 3 rings (SSSR count). The Hall–Kier alpha value is -3.13. The first-order valence-corrected chi connectivity index (χ1v) is 8.95. The molecular formula is C19H23N5O3. The monoisotopic (exact) mass is 369 g/mol. The maximum atomic E-state index is 12.1. The maximum absolute atomic E-state index is 12.1. The summed E-state index contributed by atoms with van der Waals surface area (Å²) in [6, 6.07) is 13.1. The van der Waals surface area contributed by atoms with Crippen LogP contribution < -0.4 is 15.5 Å². The standard InChI is InChI=1S/C19H23N5O3/c1-2-22-10-12-23(13-11-22)17-8-6-15(7-9-17)20-19(25)21-16-4-3-5-18(14-16)24(26)27/h3-9,14H,2,10-13H2,1H3,(H2,20,21,25). The fraction of sp³-hybridized carbons (Fsp3) is 0.316. The van der Waals surface area contributed by atoms with E-state index in [4.69, 9.17) is 0 Å². The van der Waals surface area contributed by atoms with E-state index in [9.17, 15) is 14.9 Å². The number of hydrogen-bond acceptors (Lipinski definition) is 5. The van der Waals surface area contributed by atoms with E-state index in [-0.39, 0.29) is 5.69 Å². The Bertz CT molecular complexity index is 801. The quantitative estimate of drug-likeness (QED) is 0.623. The summed E-state index contributed by atoms with van der Waals surface area (Å²) < 4.78 is 0. The first-order chi connectivity index (χ1) is 13.0. The highest BCUT2D eigenvalue weighted by Crippen LogP contribution is 2.20. The van der Waals surface area contributed by atoms with Crippen molar-refractivity contribution in [2.24, 2.45) is 0 Å². The molecule has 2 aromatic rings. The number of urea groups is 1. The summed E-state index contributed by atoms with van der Waals surface area (Å²) in [5.74, 6) is 0. The highest BCUT2D eigenvalue weighted by Gasteiger charge is 2.15. The number of nitro groups is 1. The van der Waals surface area contributed by atoms with Crippen molar-refractivity contribution in [3.8, 4) is 0 Å². The second-order valence-electron chi connectivity index (χ2n) is 6.35. The number of rotatable bonds is 5. The predicted octanol–water partition coefficient (Wildman–Crippen LogP) is 3.38. The lowest BCUT2D eigenvalue weighted by Gasteiger charge is -2.35. The first-order valence-electron chi connectivity index (χ1n) is 8.95. The van der Waals surface area contributed by atoms with Crippen LogP contribution in [0.15, 0.2) is 48.5 Å². The molecule has 0 aliphatic carbocycles. The molecule has 2 N–H and O–H groups in total. The molecule has 8 nitrogen and oxygen atoms in total. The Balaban J connectivity index is 1.56. The molecule has 2 amide bonds. The van der Waals surface area contributed by atoms with Gasteiger partial charge in [0, 0.05) is 55.4 Å². The highest BCUT2D eigenvalue weighted by atomic mass is 16.6. The van der Waals surface area contributed by atoms with Crippen molar-refractivity contribution in [3.63, 3.8) is 0 Å². The molecule has 2 aromatic carbocycles. The van der Waals surface area contributed by atoms with Crippen LogP contribution in [0.2, 0.25) is 0 Å². The third kappa shape index (κ3) is 4.95. The van der Waals surface area contributed by atoms with E-state index in [1.807, 2.05) is 24.3 Å². The summed E-state index contributed by atoms with van der Waals surface area (Å²) in [5.41, 5.74) is 2.09. The average molecular weight is 369 g/mol. The second-order valence-corrected chi connectivity index (χ2v) is 6.35. The summed E-state index contributed by atoms with van der Waals surface area (Å²) in [5, 5.41) is 16.1. The summed E-state index contributed by atoms with van der Waals surface area (Å²) in [4.78, 5) is 27.2. The van der Waals surface area contributed by atoms with Crippen molar-refractivity contribution in [2.45, 2.75) is 6.92 Å². The van der Waals surface area contributed by atoms with Crippen molar-refractivity contribution in [2.75, 3.05) is 48.3 Å². The molecule has 0 aromatic heterocycles. The van der Waals surface area contributed by atoms with Crippen molar-refractivity contribution in [1.82, 2.24) is 4.90 Å². The van der Waals surface area contributed by atoms with Crippen LogP contribution in [0.25, 0.3) is 0 Å². The number of carbonyl (C=O) groups excluding carboxylic acids is 1. The topological polar surface area (TPSA) is 90.8 Å². The van der Waals surface area contributed by atoms with Gasteiger partial charge in [0.2, 0.25) is 0 Å². The zero-order valence-electron chi connectivity index (χ0n) is 15.2. The Labute approximate surface area is 157 Å². The molecule has 0 radical (unpaired) electrons. The van der Waals surface area contributed by atoms with Crippen LogP contribution in [0.5, 0.6) is 0 Å². The number of anilines is 3. The van der Waals surface area contributed by atoms with Gasteiger partial charge in [-0.3, -0.25) is 10.1 Å². The molecule has 8 heteroatoms. The Morgan fingerprint density at radius 3 is 2.33 bits per heavy atom. The van der Waals surface area contributed by atoms with Crippen LogP contribution in [0.4, 0.5) is 27.5 Å². The van der Waals surface area contributed by atoms with Crippen LogP contribution in [0.3, 0.4) is 0 Å². The van der Waals surface area contributed by atoms with E-state index in [0.29, 0.717) is 11.4 Å². The number of likely N-dealkylation sites (N-methyl/N-ethyl adjacent to an activating group) is 1. The lowest BCUT2D eigenvalue weighted by Crippen LogP contribution is -2.46. The number of carbonyl (C=O) groups is 1. The highest BCUT2D eigenvalue weighted by molar-refractivity contribution is 6.00. The van der Waals surface area contributed by atoms with Gasteiger partial charge in [-0.1, -0.05) is 13.0 Å². The minimum Gasteiger partial charge on any atom is -0.369 e. The number of nitro benzene ring substituents is 1. The molecule has 142 valence electrons. The zero-order valence-corrected chi connectivity index (χ0v) is 15.2. The van der Waals surface area contributed by atoms with E-state index >= 15 is 0 Å². The van der Waals surface area contributed by atoms with Gasteiger partial charge in [-0.05, 0) is 36.9 Å². The Morgan fingerprint density at radius 1 is 1.04 bits per heavy atom. The van der Waals surface area contributed by atoms with Gasteiger partial charge in [0.1, 0.15) is 0 Å². The fourth-order valence-corrected chi connectivity index (χ4v) is 3.07. The van der Waals surface area contributed by atoms with Crippen molar-refractivity contribution in [3.05, 3.63) is 58.6 Å². The minimum atomic E-state index is -0.498. The normalized spacial score (nSPS) is 14.6. The smallest absolute Gasteiger partial charge is 0.323 e.